The predicted octanol–water partition coefficient (Wildman–Crippen LogP) is 3.42. The lowest BCUT2D eigenvalue weighted by molar-refractivity contribution is -0.216. The summed E-state index contributed by atoms with van der Waals surface area (Å²) >= 11 is 6.01. The van der Waals surface area contributed by atoms with Crippen LogP contribution in [0.25, 0.3) is 5.69 Å². The van der Waals surface area contributed by atoms with E-state index in [0.717, 1.165) is 22.5 Å². The Bertz CT molecular complexity index is 1230. The smallest absolute Gasteiger partial charge is 0.366 e. The molecule has 3 aromatic rings. The van der Waals surface area contributed by atoms with E-state index in [1.165, 1.54) is 7.11 Å². The van der Waals surface area contributed by atoms with Crippen LogP contribution in [-0.4, -0.2) is 65.1 Å². The highest BCUT2D eigenvalue weighted by atomic mass is 35.5. The number of benzene rings is 1. The summed E-state index contributed by atoms with van der Waals surface area (Å²) in [4.78, 5) is 7.66. The van der Waals surface area contributed by atoms with Crippen LogP contribution < -0.4 is 11.5 Å². The highest BCUT2D eigenvalue weighted by Gasteiger charge is 2.41. The zero-order chi connectivity index (χ0) is 28.2. The van der Waals surface area contributed by atoms with E-state index >= 15 is 0 Å². The molecule has 1 saturated heterocycles. The third-order valence-electron chi connectivity index (χ3n) is 5.71. The molecule has 212 valence electrons. The first-order valence-corrected chi connectivity index (χ1v) is 12.2. The molecule has 3 heterocycles. The summed E-state index contributed by atoms with van der Waals surface area (Å²) in [7, 11) is 1.41. The van der Waals surface area contributed by atoms with Gasteiger partial charge in [0.2, 0.25) is 5.95 Å². The molecule has 1 fully saturated rings. The molecule has 4 rings (SSSR count). The molecule has 1 aliphatic heterocycles. The van der Waals surface area contributed by atoms with Crippen molar-refractivity contribution in [3.63, 3.8) is 0 Å². The summed E-state index contributed by atoms with van der Waals surface area (Å²) in [6, 6.07) is 9.42. The first-order chi connectivity index (χ1) is 18.6. The van der Waals surface area contributed by atoms with Gasteiger partial charge in [-0.1, -0.05) is 41.9 Å². The number of rotatable bonds is 6. The molecule has 0 bridgehead atoms. The van der Waals surface area contributed by atoms with Crippen LogP contribution in [-0.2, 0) is 29.9 Å². The van der Waals surface area contributed by atoms with Gasteiger partial charge in [0.15, 0.2) is 17.8 Å². The zero-order valence-electron chi connectivity index (χ0n) is 21.0. The van der Waals surface area contributed by atoms with Gasteiger partial charge in [-0.25, -0.2) is 9.67 Å². The fourth-order valence-corrected chi connectivity index (χ4v) is 4.19. The van der Waals surface area contributed by atoms with Gasteiger partial charge in [0.25, 0.3) is 0 Å². The van der Waals surface area contributed by atoms with Crippen molar-refractivity contribution in [2.24, 2.45) is 5.73 Å². The van der Waals surface area contributed by atoms with Crippen molar-refractivity contribution in [1.82, 2.24) is 19.7 Å². The van der Waals surface area contributed by atoms with Gasteiger partial charge in [-0.15, -0.1) is 5.10 Å². The molecule has 0 saturated carbocycles. The Morgan fingerprint density at radius 3 is 2.59 bits per heavy atom. The molecule has 0 amide bonds. The molecular weight excluding hydrogens is 545 g/mol. The summed E-state index contributed by atoms with van der Waals surface area (Å²) in [5.74, 6) is -0.437. The number of ether oxygens (including phenoxy) is 5. The number of halogens is 4. The molecular formula is C24H28ClF3N6O5. The average Bonchev–Trinajstić information content (AvgIpc) is 3.28. The number of alkyl halides is 3. The Morgan fingerprint density at radius 1 is 1.18 bits per heavy atom. The van der Waals surface area contributed by atoms with Crippen LogP contribution in [0.2, 0.25) is 5.02 Å². The van der Waals surface area contributed by atoms with Crippen LogP contribution in [0.3, 0.4) is 0 Å². The Kier molecular flexibility index (Phi) is 9.38. The van der Waals surface area contributed by atoms with Gasteiger partial charge in [0.1, 0.15) is 19.0 Å². The number of anilines is 1. The van der Waals surface area contributed by atoms with Crippen LogP contribution in [0.5, 0.6) is 0 Å². The summed E-state index contributed by atoms with van der Waals surface area (Å²) < 4.78 is 71.7. The second kappa shape index (κ2) is 12.6. The van der Waals surface area contributed by atoms with Crippen LogP contribution in [0, 0.1) is 0 Å². The summed E-state index contributed by atoms with van der Waals surface area (Å²) in [5, 5.41) is 3.94. The maximum absolute atomic E-state index is 13.9. The zero-order valence-corrected chi connectivity index (χ0v) is 21.8. The number of nitrogen functional groups attached to an aromatic ring is 1. The molecule has 5 atom stereocenters. The van der Waals surface area contributed by atoms with Gasteiger partial charge in [-0.2, -0.15) is 18.2 Å². The maximum Gasteiger partial charge on any atom is 0.435 e. The van der Waals surface area contributed by atoms with Crippen LogP contribution >= 0.6 is 11.6 Å². The normalized spacial score (nSPS) is 24.9. The topological polar surface area (TPSA) is 142 Å². The fourth-order valence-electron chi connectivity index (χ4n) is 4.03. The Morgan fingerprint density at radius 2 is 1.90 bits per heavy atom. The van der Waals surface area contributed by atoms with Gasteiger partial charge < -0.3 is 35.2 Å². The SMILES string of the molecule is COCOC1C(c2nc(N)nn2-c2cc(Cl)cnc2C(F)(F)F)OC(C)COC(c2ccccc2)OC[C@H]1N. The fraction of sp³-hybridized carbons (Fsp3) is 0.458. The van der Waals surface area contributed by atoms with E-state index in [4.69, 9.17) is 46.8 Å². The average molecular weight is 573 g/mol. The number of aromatic nitrogens is 4. The number of pyridine rings is 1. The van der Waals surface area contributed by atoms with E-state index in [1.54, 1.807) is 6.92 Å². The minimum atomic E-state index is -4.83. The van der Waals surface area contributed by atoms with Crippen molar-refractivity contribution in [3.05, 3.63) is 64.7 Å². The van der Waals surface area contributed by atoms with Crippen LogP contribution in [0.4, 0.5) is 19.1 Å². The van der Waals surface area contributed by atoms with Crippen molar-refractivity contribution in [2.45, 2.75) is 43.7 Å². The largest absolute Gasteiger partial charge is 0.435 e. The second-order valence-electron chi connectivity index (χ2n) is 8.74. The van der Waals surface area contributed by atoms with E-state index in [1.807, 2.05) is 30.3 Å². The summed E-state index contributed by atoms with van der Waals surface area (Å²) in [6.45, 7) is 1.49. The van der Waals surface area contributed by atoms with E-state index in [9.17, 15) is 13.2 Å². The van der Waals surface area contributed by atoms with Gasteiger partial charge in [-0.3, -0.25) is 0 Å². The second-order valence-corrected chi connectivity index (χ2v) is 9.17. The Hall–Kier alpha value is -2.85. The predicted molar refractivity (Wildman–Crippen MR) is 133 cm³/mol. The van der Waals surface area contributed by atoms with E-state index in [-0.39, 0.29) is 36.8 Å². The molecule has 0 radical (unpaired) electrons. The molecule has 0 aliphatic carbocycles. The molecule has 1 aromatic carbocycles. The number of nitrogens with zero attached hydrogens (tertiary/aromatic N) is 4. The number of hydrogen-bond donors (Lipinski definition) is 2. The number of methoxy groups -OCH3 is 1. The van der Waals surface area contributed by atoms with E-state index in [2.05, 4.69) is 15.1 Å². The minimum absolute atomic E-state index is 0.0540. The summed E-state index contributed by atoms with van der Waals surface area (Å²) in [5.41, 5.74) is 11.4. The highest BCUT2D eigenvalue weighted by molar-refractivity contribution is 6.30. The van der Waals surface area contributed by atoms with Crippen molar-refractivity contribution in [3.8, 4) is 5.69 Å². The molecule has 39 heavy (non-hydrogen) atoms. The standard InChI is InChI=1S/C24H28ClF3N6O5/c1-13-10-36-22(14-6-4-3-5-7-14)37-11-16(29)18(38-12-35-2)19(39-13)21-32-23(30)33-34(21)17-8-15(25)9-31-20(17)24(26,27)28/h3-9,13,16,18-19,22H,10-12,29H2,1-2H3,(H2,30,33)/t13?,16-,18?,19?,22?/m1/s1. The van der Waals surface area contributed by atoms with Crippen molar-refractivity contribution >= 4 is 17.5 Å². The third kappa shape index (κ3) is 7.03. The quantitative estimate of drug-likeness (QED) is 0.422. The van der Waals surface area contributed by atoms with Crippen molar-refractivity contribution < 1.29 is 36.9 Å². The lowest BCUT2D eigenvalue weighted by Crippen LogP contribution is -2.48. The van der Waals surface area contributed by atoms with Crippen molar-refractivity contribution in [2.75, 3.05) is 32.9 Å². The first-order valence-electron chi connectivity index (χ1n) is 11.8. The lowest BCUT2D eigenvalue weighted by atomic mass is 10.0. The van der Waals surface area contributed by atoms with E-state index in [0.29, 0.717) is 0 Å². The summed E-state index contributed by atoms with van der Waals surface area (Å²) in [6.07, 6.45) is -7.53. The van der Waals surface area contributed by atoms with Gasteiger partial charge in [0, 0.05) is 18.9 Å². The molecule has 4 unspecified atom stereocenters. The Labute approximate surface area is 227 Å². The molecule has 15 heteroatoms. The third-order valence-corrected chi connectivity index (χ3v) is 5.91. The molecule has 11 nitrogen and oxygen atoms in total. The lowest BCUT2D eigenvalue weighted by Gasteiger charge is -2.35. The van der Waals surface area contributed by atoms with Gasteiger partial charge >= 0.3 is 6.18 Å². The van der Waals surface area contributed by atoms with Gasteiger partial charge in [0.05, 0.1) is 36.1 Å². The first kappa shape index (κ1) is 29.1. The molecule has 0 spiro atoms. The molecule has 1 aliphatic rings. The van der Waals surface area contributed by atoms with Crippen molar-refractivity contribution in [1.29, 1.82) is 0 Å². The van der Waals surface area contributed by atoms with Crippen LogP contribution in [0.15, 0.2) is 42.6 Å². The maximum atomic E-state index is 13.9. The Balaban J connectivity index is 1.76. The highest BCUT2D eigenvalue weighted by Crippen LogP contribution is 2.36. The molecule has 4 N–H and O–H groups in total. The van der Waals surface area contributed by atoms with Gasteiger partial charge in [-0.05, 0) is 13.0 Å². The van der Waals surface area contributed by atoms with E-state index < -0.39 is 48.2 Å². The monoisotopic (exact) mass is 572 g/mol. The number of hydrogen-bond acceptors (Lipinski definition) is 10. The van der Waals surface area contributed by atoms with Crippen LogP contribution in [0.1, 0.15) is 36.4 Å². The minimum Gasteiger partial charge on any atom is -0.366 e. The molecule has 2 aromatic heterocycles. The number of nitrogens with two attached hydrogens (primary N) is 2.